The van der Waals surface area contributed by atoms with E-state index in [0.717, 1.165) is 0 Å². The Kier molecular flexibility index (Phi) is 4.82. The van der Waals surface area contributed by atoms with Crippen molar-refractivity contribution in [3.63, 3.8) is 0 Å². The molecule has 0 N–H and O–H groups in total. The minimum absolute atomic E-state index is 0.0500. The molecule has 0 spiro atoms. The van der Waals surface area contributed by atoms with Gasteiger partial charge in [-0.3, -0.25) is 4.40 Å². The van der Waals surface area contributed by atoms with Gasteiger partial charge in [-0.25, -0.2) is 14.4 Å². The summed E-state index contributed by atoms with van der Waals surface area (Å²) < 4.78 is 46.5. The third-order valence-corrected chi connectivity index (χ3v) is 4.31. The van der Waals surface area contributed by atoms with Crippen molar-refractivity contribution in [2.24, 2.45) is 0 Å². The predicted octanol–water partition coefficient (Wildman–Crippen LogP) is 4.98. The van der Waals surface area contributed by atoms with Gasteiger partial charge in [-0.15, -0.1) is 0 Å². The van der Waals surface area contributed by atoms with Gasteiger partial charge in [-0.05, 0) is 33.6 Å². The number of alkyl halides is 3. The summed E-state index contributed by atoms with van der Waals surface area (Å²) in [6, 6.07) is 6.12. The molecule has 10 heteroatoms. The number of halogens is 4. The number of rotatable bonds is 4. The molecule has 3 aromatic rings. The van der Waals surface area contributed by atoms with Crippen LogP contribution in [-0.4, -0.2) is 20.5 Å². The van der Waals surface area contributed by atoms with Crippen LogP contribution < -0.4 is 4.74 Å². The van der Waals surface area contributed by atoms with Crippen LogP contribution in [0.4, 0.5) is 13.2 Å². The number of hydrogen-bond donors (Lipinski definition) is 0. The van der Waals surface area contributed by atoms with Gasteiger partial charge in [0, 0.05) is 24.9 Å². The van der Waals surface area contributed by atoms with Gasteiger partial charge in [0.2, 0.25) is 0 Å². The van der Waals surface area contributed by atoms with Gasteiger partial charge >= 0.3 is 6.11 Å². The predicted molar refractivity (Wildman–Crippen MR) is 99.6 cm³/mol. The van der Waals surface area contributed by atoms with Crippen LogP contribution in [0.3, 0.4) is 0 Å². The Labute approximate surface area is 154 Å². The topological polar surface area (TPSA) is 39.4 Å². The smallest absolute Gasteiger partial charge is 0.394 e. The van der Waals surface area contributed by atoms with E-state index in [0.29, 0.717) is 28.3 Å². The lowest BCUT2D eigenvalue weighted by atomic mass is 10.1. The standard InChI is InChI=1S/C15H13BrF3N3OP2/c1-14(17,18)23-10-4-2-8(3-5-10)9-6-20-12-11(16)21-13(15(19,24)25)22(12)7-9/h2-7H,24-25H2,1H3. The van der Waals surface area contributed by atoms with Crippen LogP contribution >= 0.6 is 34.4 Å². The SMILES string of the molecule is CC(F)(F)Oc1ccc(-c2cnc3c(Br)nc(C(F)(P)P)n3c2)cc1. The van der Waals surface area contributed by atoms with Crippen LogP contribution in [0.1, 0.15) is 12.7 Å². The van der Waals surface area contributed by atoms with E-state index in [4.69, 9.17) is 0 Å². The fourth-order valence-corrected chi connectivity index (χ4v) is 3.15. The molecule has 3 rings (SSSR count). The Hall–Kier alpha value is -1.23. The van der Waals surface area contributed by atoms with Crippen molar-refractivity contribution >= 4 is 40.1 Å². The molecular weight excluding hydrogens is 437 g/mol. The quantitative estimate of drug-likeness (QED) is 0.527. The first-order valence-electron chi connectivity index (χ1n) is 7.02. The third-order valence-electron chi connectivity index (χ3n) is 3.27. The maximum absolute atomic E-state index is 14.3. The van der Waals surface area contributed by atoms with Crippen molar-refractivity contribution in [3.05, 3.63) is 47.1 Å². The summed E-state index contributed by atoms with van der Waals surface area (Å²) in [7, 11) is 4.12. The van der Waals surface area contributed by atoms with Crippen LogP contribution in [0.15, 0.2) is 41.3 Å². The summed E-state index contributed by atoms with van der Waals surface area (Å²) in [6.45, 7) is 0.673. The molecule has 0 bridgehead atoms. The lowest BCUT2D eigenvalue weighted by molar-refractivity contribution is -0.158. The van der Waals surface area contributed by atoms with Gasteiger partial charge < -0.3 is 4.74 Å². The summed E-state index contributed by atoms with van der Waals surface area (Å²) in [6.07, 6.45) is 0.0333. The van der Waals surface area contributed by atoms with Crippen LogP contribution in [-0.2, 0) is 5.15 Å². The summed E-state index contributed by atoms with van der Waals surface area (Å²) in [4.78, 5) is 8.44. The number of imidazole rings is 1. The Balaban J connectivity index is 2.02. The van der Waals surface area contributed by atoms with Gasteiger partial charge in [0.25, 0.3) is 0 Å². The first-order chi connectivity index (χ1) is 11.5. The van der Waals surface area contributed by atoms with E-state index in [1.54, 1.807) is 24.5 Å². The highest BCUT2D eigenvalue weighted by atomic mass is 79.9. The molecule has 132 valence electrons. The van der Waals surface area contributed by atoms with E-state index in [9.17, 15) is 13.2 Å². The molecular formula is C15H13BrF3N3OP2. The van der Waals surface area contributed by atoms with Crippen LogP contribution in [0, 0.1) is 0 Å². The highest BCUT2D eigenvalue weighted by molar-refractivity contribution is 9.10. The van der Waals surface area contributed by atoms with E-state index in [2.05, 4.69) is 49.1 Å². The number of fused-ring (bicyclic) bond motifs is 1. The van der Waals surface area contributed by atoms with Gasteiger partial charge in [0.05, 0.1) is 0 Å². The van der Waals surface area contributed by atoms with Crippen molar-refractivity contribution in [3.8, 4) is 16.9 Å². The Morgan fingerprint density at radius 1 is 1.12 bits per heavy atom. The van der Waals surface area contributed by atoms with Crippen molar-refractivity contribution < 1.29 is 17.9 Å². The van der Waals surface area contributed by atoms with Crippen molar-refractivity contribution in [2.75, 3.05) is 0 Å². The number of hydrogen-bond acceptors (Lipinski definition) is 3. The molecule has 4 nitrogen and oxygen atoms in total. The molecule has 25 heavy (non-hydrogen) atoms. The fourth-order valence-electron chi connectivity index (χ4n) is 2.28. The van der Waals surface area contributed by atoms with Gasteiger partial charge in [-0.1, -0.05) is 30.6 Å². The summed E-state index contributed by atoms with van der Waals surface area (Å²) in [5.74, 6) is 0.193. The average Bonchev–Trinajstić information content (AvgIpc) is 2.83. The zero-order valence-electron chi connectivity index (χ0n) is 12.9. The summed E-state index contributed by atoms with van der Waals surface area (Å²) in [5.41, 5.74) is 1.86. The lowest BCUT2D eigenvalue weighted by Gasteiger charge is -2.14. The second-order valence-electron chi connectivity index (χ2n) is 5.46. The normalized spacial score (nSPS) is 12.6. The van der Waals surface area contributed by atoms with Gasteiger partial charge in [0.1, 0.15) is 5.75 Å². The zero-order valence-corrected chi connectivity index (χ0v) is 16.8. The van der Waals surface area contributed by atoms with Crippen LogP contribution in [0.2, 0.25) is 0 Å². The molecule has 0 saturated carbocycles. The summed E-state index contributed by atoms with van der Waals surface area (Å²) in [5, 5.41) is -1.82. The molecule has 0 amide bonds. The molecule has 2 heterocycles. The Morgan fingerprint density at radius 3 is 2.32 bits per heavy atom. The van der Waals surface area contributed by atoms with Crippen molar-refractivity contribution in [2.45, 2.75) is 18.2 Å². The second kappa shape index (κ2) is 6.49. The minimum atomic E-state index is -3.25. The third kappa shape index (κ3) is 4.13. The molecule has 0 radical (unpaired) electrons. The molecule has 2 aromatic heterocycles. The molecule has 0 aliphatic rings. The maximum Gasteiger partial charge on any atom is 0.394 e. The fraction of sp³-hybridized carbons (Fsp3) is 0.200. The van der Waals surface area contributed by atoms with Crippen molar-refractivity contribution in [1.29, 1.82) is 0 Å². The number of ether oxygens (including phenoxy) is 1. The molecule has 0 fully saturated rings. The highest BCUT2D eigenvalue weighted by Crippen LogP contribution is 2.40. The minimum Gasteiger partial charge on any atom is -0.433 e. The number of aromatic nitrogens is 3. The Morgan fingerprint density at radius 2 is 1.76 bits per heavy atom. The van der Waals surface area contributed by atoms with E-state index in [-0.39, 0.29) is 11.6 Å². The first kappa shape index (κ1) is 18.6. The molecule has 2 unspecified atom stereocenters. The highest BCUT2D eigenvalue weighted by Gasteiger charge is 2.27. The zero-order chi connectivity index (χ0) is 18.4. The molecule has 2 atom stereocenters. The van der Waals surface area contributed by atoms with E-state index in [1.165, 1.54) is 16.5 Å². The second-order valence-corrected chi connectivity index (χ2v) is 8.56. The van der Waals surface area contributed by atoms with Crippen LogP contribution in [0.25, 0.3) is 16.8 Å². The van der Waals surface area contributed by atoms with Crippen LogP contribution in [0.5, 0.6) is 5.75 Å². The molecule has 0 saturated heterocycles. The van der Waals surface area contributed by atoms with E-state index in [1.807, 2.05) is 0 Å². The largest absolute Gasteiger partial charge is 0.433 e. The van der Waals surface area contributed by atoms with Gasteiger partial charge in [0.15, 0.2) is 21.2 Å². The van der Waals surface area contributed by atoms with E-state index >= 15 is 0 Å². The van der Waals surface area contributed by atoms with E-state index < -0.39 is 11.3 Å². The van der Waals surface area contributed by atoms with Gasteiger partial charge in [-0.2, -0.15) is 8.78 Å². The number of nitrogens with zero attached hydrogens (tertiary/aromatic N) is 3. The maximum atomic E-state index is 14.3. The first-order valence-corrected chi connectivity index (χ1v) is 8.97. The molecule has 0 aliphatic carbocycles. The monoisotopic (exact) mass is 449 g/mol. The molecule has 1 aromatic carbocycles. The molecule has 0 aliphatic heterocycles. The number of benzene rings is 1. The lowest BCUT2D eigenvalue weighted by Crippen LogP contribution is -2.18. The van der Waals surface area contributed by atoms with Crippen molar-refractivity contribution in [1.82, 2.24) is 14.4 Å². The average molecular weight is 450 g/mol. The Bertz CT molecular complexity index is 921. The summed E-state index contributed by atoms with van der Waals surface area (Å²) >= 11 is 3.26.